The van der Waals surface area contributed by atoms with Crippen LogP contribution in [0.25, 0.3) is 0 Å². The Hall–Kier alpha value is -3.42. The van der Waals surface area contributed by atoms with Crippen molar-refractivity contribution in [3.05, 3.63) is 78.9 Å². The molecule has 0 amide bonds. The van der Waals surface area contributed by atoms with Crippen molar-refractivity contribution in [2.45, 2.75) is 118 Å². The van der Waals surface area contributed by atoms with Crippen LogP contribution in [0.2, 0.25) is 0 Å². The van der Waals surface area contributed by atoms with E-state index in [0.29, 0.717) is 65.5 Å². The molecule has 2 unspecified atom stereocenters. The first-order valence-electron chi connectivity index (χ1n) is 21.4. The molecule has 3 heterocycles. The van der Waals surface area contributed by atoms with E-state index in [0.717, 1.165) is 54.2 Å². The molecule has 0 aromatic heterocycles. The van der Waals surface area contributed by atoms with Crippen LogP contribution in [0, 0.1) is 16.2 Å². The Kier molecular flexibility index (Phi) is 14.6. The third-order valence-corrected chi connectivity index (χ3v) is 11.2. The maximum absolute atomic E-state index is 6.37. The van der Waals surface area contributed by atoms with Gasteiger partial charge >= 0.3 is 0 Å². The van der Waals surface area contributed by atoms with Crippen LogP contribution in [0.5, 0.6) is 11.5 Å². The molecule has 11 nitrogen and oxygen atoms in total. The smallest absolute Gasteiger partial charge is 0.162 e. The highest BCUT2D eigenvalue weighted by atomic mass is 16.7. The summed E-state index contributed by atoms with van der Waals surface area (Å²) in [6, 6.07) is 26.7. The van der Waals surface area contributed by atoms with Crippen LogP contribution in [0.4, 0.5) is 17.1 Å². The standard InChI is InChI=1S/C28H45NO6.C20H25NO3/c1-25(2)32-17-27(5,18-33-25)15-30-23-11-7-9-21(13-23)29-22-10-8-12-24(14-22)31-16-28(6)19-34-26(3,4)35-20-28;1-19(2)23-14-20(3,15-24-19)13-22-18-11-7-10-17(12-18)21-16-8-5-4-6-9-16/h7,9,11,13,22,24,29H,8,10,12,14-20H2,1-6H3;4-12,21H,13-15H2,1-3H3. The summed E-state index contributed by atoms with van der Waals surface area (Å²) in [4.78, 5) is 0. The predicted molar refractivity (Wildman–Crippen MR) is 231 cm³/mol. The Morgan fingerprint density at radius 1 is 0.508 bits per heavy atom. The van der Waals surface area contributed by atoms with Gasteiger partial charge in [-0.05, 0) is 104 Å². The van der Waals surface area contributed by atoms with E-state index in [4.69, 9.17) is 42.6 Å². The number of anilines is 3. The van der Waals surface area contributed by atoms with E-state index in [2.05, 4.69) is 43.5 Å². The quantitative estimate of drug-likeness (QED) is 0.172. The largest absolute Gasteiger partial charge is 0.493 e. The minimum absolute atomic E-state index is 0.0949. The maximum Gasteiger partial charge on any atom is 0.162 e. The highest BCUT2D eigenvalue weighted by molar-refractivity contribution is 5.60. The molecule has 7 rings (SSSR count). The van der Waals surface area contributed by atoms with Crippen molar-refractivity contribution in [3.8, 4) is 11.5 Å². The zero-order valence-electron chi connectivity index (χ0n) is 37.0. The predicted octanol–water partition coefficient (Wildman–Crippen LogP) is 9.98. The second kappa shape index (κ2) is 19.1. The normalized spacial score (nSPS) is 25.0. The number of para-hydroxylation sites is 1. The van der Waals surface area contributed by atoms with Crippen LogP contribution >= 0.6 is 0 Å². The van der Waals surface area contributed by atoms with E-state index in [9.17, 15) is 0 Å². The van der Waals surface area contributed by atoms with Gasteiger partial charge in [0.15, 0.2) is 17.4 Å². The molecular formula is C48H70N2O9. The minimum atomic E-state index is -0.516. The zero-order chi connectivity index (χ0) is 42.2. The number of benzene rings is 3. The van der Waals surface area contributed by atoms with Crippen molar-refractivity contribution in [2.24, 2.45) is 16.2 Å². The highest BCUT2D eigenvalue weighted by Gasteiger charge is 2.40. The topological polar surface area (TPSA) is 107 Å². The van der Waals surface area contributed by atoms with Gasteiger partial charge in [-0.25, -0.2) is 0 Å². The van der Waals surface area contributed by atoms with Crippen LogP contribution in [0.1, 0.15) is 88.0 Å². The molecular weight excluding hydrogens is 749 g/mol. The lowest BCUT2D eigenvalue weighted by Crippen LogP contribution is -2.48. The Morgan fingerprint density at radius 3 is 1.46 bits per heavy atom. The summed E-state index contributed by atoms with van der Waals surface area (Å²) in [5.41, 5.74) is 2.74. The third kappa shape index (κ3) is 14.3. The molecule has 3 saturated heterocycles. The zero-order valence-corrected chi connectivity index (χ0v) is 37.0. The van der Waals surface area contributed by atoms with E-state index in [1.54, 1.807) is 0 Å². The number of ether oxygens (including phenoxy) is 9. The number of hydrogen-bond donors (Lipinski definition) is 2. The van der Waals surface area contributed by atoms with Gasteiger partial charge in [0.25, 0.3) is 0 Å². The number of hydrogen-bond acceptors (Lipinski definition) is 11. The maximum atomic E-state index is 6.37. The van der Waals surface area contributed by atoms with E-state index in [1.165, 1.54) is 0 Å². The van der Waals surface area contributed by atoms with Crippen molar-refractivity contribution in [1.29, 1.82) is 0 Å². The Labute approximate surface area is 353 Å². The van der Waals surface area contributed by atoms with E-state index in [-0.39, 0.29) is 22.3 Å². The molecule has 3 aromatic carbocycles. The molecule has 3 aromatic rings. The summed E-state index contributed by atoms with van der Waals surface area (Å²) in [7, 11) is 0. The monoisotopic (exact) mass is 819 g/mol. The molecule has 326 valence electrons. The molecule has 0 radical (unpaired) electrons. The van der Waals surface area contributed by atoms with Gasteiger partial charge in [-0.1, -0.05) is 51.1 Å². The van der Waals surface area contributed by atoms with Crippen LogP contribution in [-0.4, -0.2) is 89.0 Å². The molecule has 0 bridgehead atoms. The van der Waals surface area contributed by atoms with Crippen LogP contribution < -0.4 is 20.1 Å². The van der Waals surface area contributed by atoms with Crippen LogP contribution in [-0.2, 0) is 33.2 Å². The molecule has 2 N–H and O–H groups in total. The molecule has 4 aliphatic rings. The van der Waals surface area contributed by atoms with Crippen molar-refractivity contribution < 1.29 is 42.6 Å². The minimum Gasteiger partial charge on any atom is -0.493 e. The van der Waals surface area contributed by atoms with Gasteiger partial charge in [-0.2, -0.15) is 0 Å². The SMILES string of the molecule is CC1(COc2cccc(NC3CCCC(OCC4(C)COC(C)(C)OC4)C3)c2)COC(C)(C)OC1.CC1(COc2cccc(Nc3ccccc3)c2)COC(C)(C)OC1. The van der Waals surface area contributed by atoms with Crippen LogP contribution in [0.15, 0.2) is 78.9 Å². The molecule has 2 atom stereocenters. The lowest BCUT2D eigenvalue weighted by molar-refractivity contribution is -0.290. The van der Waals surface area contributed by atoms with Crippen LogP contribution in [0.3, 0.4) is 0 Å². The van der Waals surface area contributed by atoms with Gasteiger partial charge in [0, 0.05) is 51.5 Å². The molecule has 11 heteroatoms. The second-order valence-electron chi connectivity index (χ2n) is 19.4. The van der Waals surface area contributed by atoms with Gasteiger partial charge in [-0.3, -0.25) is 0 Å². The van der Waals surface area contributed by atoms with Crippen molar-refractivity contribution in [2.75, 3.05) is 70.1 Å². The highest BCUT2D eigenvalue weighted by Crippen LogP contribution is 2.34. The fourth-order valence-corrected chi connectivity index (χ4v) is 7.11. The van der Waals surface area contributed by atoms with E-state index < -0.39 is 17.4 Å². The summed E-state index contributed by atoms with van der Waals surface area (Å²) < 4.78 is 53.4. The van der Waals surface area contributed by atoms with Gasteiger partial charge in [-0.15, -0.1) is 0 Å². The lowest BCUT2D eigenvalue weighted by atomic mass is 9.90. The van der Waals surface area contributed by atoms with Crippen molar-refractivity contribution in [1.82, 2.24) is 0 Å². The Morgan fingerprint density at radius 2 is 0.949 bits per heavy atom. The Balaban J connectivity index is 0.000000213. The average Bonchev–Trinajstić information content (AvgIpc) is 3.21. The lowest BCUT2D eigenvalue weighted by Gasteiger charge is -2.42. The molecule has 1 saturated carbocycles. The summed E-state index contributed by atoms with van der Waals surface area (Å²) in [6.07, 6.45) is 4.65. The average molecular weight is 819 g/mol. The van der Waals surface area contributed by atoms with Gasteiger partial charge in [0.1, 0.15) is 11.5 Å². The summed E-state index contributed by atoms with van der Waals surface area (Å²) in [6.45, 7) is 23.7. The molecule has 59 heavy (non-hydrogen) atoms. The molecule has 0 spiro atoms. The van der Waals surface area contributed by atoms with Gasteiger partial charge in [0.05, 0.1) is 65.6 Å². The Bertz CT molecular complexity index is 1740. The second-order valence-corrected chi connectivity index (χ2v) is 19.4. The first-order chi connectivity index (χ1) is 27.9. The first kappa shape index (κ1) is 45.1. The number of nitrogens with one attached hydrogen (secondary N) is 2. The first-order valence-corrected chi connectivity index (χ1v) is 21.4. The van der Waals surface area contributed by atoms with Crippen molar-refractivity contribution >= 4 is 17.1 Å². The van der Waals surface area contributed by atoms with Crippen molar-refractivity contribution in [3.63, 3.8) is 0 Å². The molecule has 4 fully saturated rings. The molecule has 1 aliphatic carbocycles. The van der Waals surface area contributed by atoms with E-state index in [1.807, 2.05) is 108 Å². The summed E-state index contributed by atoms with van der Waals surface area (Å²) >= 11 is 0. The molecule has 3 aliphatic heterocycles. The van der Waals surface area contributed by atoms with E-state index >= 15 is 0 Å². The third-order valence-electron chi connectivity index (χ3n) is 11.2. The van der Waals surface area contributed by atoms with Gasteiger partial charge < -0.3 is 53.3 Å². The fourth-order valence-electron chi connectivity index (χ4n) is 7.11. The summed E-state index contributed by atoms with van der Waals surface area (Å²) in [5, 5.41) is 7.08. The number of rotatable bonds is 13. The van der Waals surface area contributed by atoms with Gasteiger partial charge in [0.2, 0.25) is 0 Å². The fraction of sp³-hybridized carbons (Fsp3) is 0.625. The summed E-state index contributed by atoms with van der Waals surface area (Å²) in [5.74, 6) is 0.181.